The number of carbonyl (C=O) groups excluding carboxylic acids is 1. The minimum atomic E-state index is -2.80. The molecule has 60 heavy (non-hydrogen) atoms. The molecule has 0 radical (unpaired) electrons. The van der Waals surface area contributed by atoms with Gasteiger partial charge in [-0.05, 0) is 131 Å². The molecule has 0 unspecified atom stereocenters. The molecule has 314 valence electrons. The van der Waals surface area contributed by atoms with E-state index < -0.39 is 19.9 Å². The first-order valence-corrected chi connectivity index (χ1v) is 20.3. The Kier molecular flexibility index (Phi) is 10.8. The molecule has 0 bridgehead atoms. The average Bonchev–Trinajstić information content (AvgIpc) is 3.90. The van der Waals surface area contributed by atoms with Crippen molar-refractivity contribution >= 4 is 33.8 Å². The molecule has 2 aromatic heterocycles. The van der Waals surface area contributed by atoms with Gasteiger partial charge in [-0.15, -0.1) is 0 Å². The zero-order valence-corrected chi connectivity index (χ0v) is 33.0. The molecular weight excluding hydrogens is 771 g/mol. The summed E-state index contributed by atoms with van der Waals surface area (Å²) >= 11 is 0. The molecule has 2 aliphatic heterocycles. The van der Waals surface area contributed by atoms with Crippen LogP contribution in [0.2, 0.25) is 0 Å². The first-order chi connectivity index (χ1) is 31.6. The highest BCUT2D eigenvalue weighted by molar-refractivity contribution is 6.07. The highest BCUT2D eigenvalue weighted by atomic mass is 19.1. The van der Waals surface area contributed by atoms with Gasteiger partial charge in [0.05, 0.1) is 46.9 Å². The number of halogens is 2. The lowest BCUT2D eigenvalue weighted by atomic mass is 9.91. The summed E-state index contributed by atoms with van der Waals surface area (Å²) in [6.45, 7) is 5.45. The number of fused-ring (bicyclic) bond motifs is 2. The van der Waals surface area contributed by atoms with E-state index in [1.807, 2.05) is 0 Å². The molecule has 0 saturated carbocycles. The minimum absolute atomic E-state index is 0.0106. The number of hydrogen-bond acceptors (Lipinski definition) is 11. The number of ether oxygens (including phenoxy) is 4. The van der Waals surface area contributed by atoms with Gasteiger partial charge in [0.25, 0.3) is 0 Å². The van der Waals surface area contributed by atoms with Gasteiger partial charge in [0.2, 0.25) is 0 Å². The van der Waals surface area contributed by atoms with Crippen LogP contribution in [0.4, 0.5) is 8.78 Å². The van der Waals surface area contributed by atoms with E-state index in [9.17, 15) is 13.6 Å². The lowest BCUT2D eigenvalue weighted by molar-refractivity contribution is 0.104. The maximum absolute atomic E-state index is 13.6. The predicted octanol–water partition coefficient (Wildman–Crippen LogP) is 9.46. The van der Waals surface area contributed by atoms with Gasteiger partial charge >= 0.3 is 0 Å². The first-order valence-electron chi connectivity index (χ1n) is 23.3. The topological polar surface area (TPSA) is 113 Å². The number of rotatable bonds is 17. The van der Waals surface area contributed by atoms with Gasteiger partial charge in [-0.25, -0.2) is 8.78 Å². The summed E-state index contributed by atoms with van der Waals surface area (Å²) in [4.78, 5) is 18.0. The maximum Gasteiger partial charge on any atom is 0.185 e. The highest BCUT2D eigenvalue weighted by Crippen LogP contribution is 2.35. The summed E-state index contributed by atoms with van der Waals surface area (Å²) < 4.78 is 107. The number of aromatic nitrogens is 2. The van der Waals surface area contributed by atoms with Crippen LogP contribution in [0.1, 0.15) is 85.9 Å². The molecule has 8 rings (SSSR count). The zero-order chi connectivity index (χ0) is 46.4. The summed E-state index contributed by atoms with van der Waals surface area (Å²) in [7, 11) is -5.56. The molecular formula is C47H50F2N4O7. The number of hydrogen-bond donors (Lipinski definition) is 0. The third kappa shape index (κ3) is 9.63. The monoisotopic (exact) mass is 826 g/mol. The molecule has 0 aliphatic carbocycles. The van der Waals surface area contributed by atoms with Crippen molar-refractivity contribution in [2.45, 2.75) is 50.4 Å². The molecule has 6 aromatic rings. The standard InChI is InChI=1S/C47H50F2N4O7/c1-55-44-27-31(6-13-40(44)57-25-3-19-52-21-15-32(16-22-52)46-37-10-8-35(48)29-42(37)59-50-46)5-12-39(54)34-7-14-41(45(28-34)56-2)58-26-4-20-53-23-17-33(18-24-53)47-38-11-9-36(49)30-43(38)60-51-47/h5-14,27-30,32-33H,3-4,15-26H2,1-2H3/b12-5+/i1D3,2D3. The van der Waals surface area contributed by atoms with Crippen molar-refractivity contribution in [3.63, 3.8) is 0 Å². The van der Waals surface area contributed by atoms with Crippen LogP contribution in [0.3, 0.4) is 0 Å². The number of nitrogens with zero attached hydrogens (tertiary/aromatic N) is 4. The fraction of sp³-hybridized carbons (Fsp3) is 0.383. The quantitative estimate of drug-likeness (QED) is 0.0498. The van der Waals surface area contributed by atoms with Gasteiger partial charge in [0.1, 0.15) is 11.6 Å². The Hall–Kier alpha value is -5.79. The second-order valence-electron chi connectivity index (χ2n) is 15.3. The summed E-state index contributed by atoms with van der Waals surface area (Å²) in [5.41, 5.74) is 3.23. The second kappa shape index (κ2) is 19.1. The minimum Gasteiger partial charge on any atom is -0.493 e. The van der Waals surface area contributed by atoms with Gasteiger partial charge < -0.3 is 37.8 Å². The van der Waals surface area contributed by atoms with Crippen LogP contribution >= 0.6 is 0 Å². The lowest BCUT2D eigenvalue weighted by Gasteiger charge is -2.31. The first kappa shape index (κ1) is 34.0. The number of carbonyl (C=O) groups is 1. The van der Waals surface area contributed by atoms with Gasteiger partial charge in [0, 0.05) is 53.4 Å². The van der Waals surface area contributed by atoms with Crippen molar-refractivity contribution in [3.8, 4) is 23.0 Å². The summed E-state index contributed by atoms with van der Waals surface area (Å²) in [5, 5.41) is 10.1. The van der Waals surface area contributed by atoms with E-state index in [1.54, 1.807) is 24.3 Å². The van der Waals surface area contributed by atoms with Gasteiger partial charge in [-0.3, -0.25) is 4.79 Å². The Balaban J connectivity index is 0.814. The van der Waals surface area contributed by atoms with E-state index in [-0.39, 0.29) is 58.6 Å². The van der Waals surface area contributed by atoms with Gasteiger partial charge in [-0.1, -0.05) is 22.5 Å². The van der Waals surface area contributed by atoms with E-state index >= 15 is 0 Å². The normalized spacial score (nSPS) is 17.8. The maximum atomic E-state index is 13.6. The van der Waals surface area contributed by atoms with Crippen LogP contribution in [0, 0.1) is 11.6 Å². The van der Waals surface area contributed by atoms with E-state index in [0.29, 0.717) is 36.2 Å². The lowest BCUT2D eigenvalue weighted by Crippen LogP contribution is -2.34. The molecule has 2 aliphatic rings. The molecule has 13 heteroatoms. The zero-order valence-electron chi connectivity index (χ0n) is 39.0. The fourth-order valence-electron chi connectivity index (χ4n) is 8.21. The number of methoxy groups -OCH3 is 2. The van der Waals surface area contributed by atoms with E-state index in [4.69, 9.17) is 36.2 Å². The molecule has 0 atom stereocenters. The van der Waals surface area contributed by atoms with Crippen molar-refractivity contribution in [3.05, 3.63) is 113 Å². The predicted molar refractivity (Wildman–Crippen MR) is 224 cm³/mol. The van der Waals surface area contributed by atoms with Crippen molar-refractivity contribution < 1.29 is 49.8 Å². The molecule has 0 N–H and O–H groups in total. The van der Waals surface area contributed by atoms with E-state index in [1.165, 1.54) is 60.7 Å². The van der Waals surface area contributed by atoms with Crippen molar-refractivity contribution in [2.75, 3.05) is 66.6 Å². The Morgan fingerprint density at radius 1 is 0.700 bits per heavy atom. The molecule has 2 saturated heterocycles. The SMILES string of the molecule is [2H]C([2H])([2H])Oc1cc(/C=C/C(=O)c2ccc(OCCCN3CCC(c4noc5cc(F)ccc45)CC3)c(OC([2H])([2H])[2H])c2)ccc1OCCCN1CCC(c2noc3cc(F)ccc23)CC1. The number of benzene rings is 4. The Labute approximate surface area is 356 Å². The van der Waals surface area contributed by atoms with Gasteiger partial charge in [-0.2, -0.15) is 0 Å². The van der Waals surface area contributed by atoms with Crippen LogP contribution in [0.15, 0.2) is 87.9 Å². The molecule has 0 spiro atoms. The van der Waals surface area contributed by atoms with Crippen molar-refractivity contribution in [2.24, 2.45) is 0 Å². The number of allylic oxidation sites excluding steroid dienone is 1. The Bertz CT molecular complexity index is 2660. The average molecular weight is 827 g/mol. The third-order valence-electron chi connectivity index (χ3n) is 11.5. The second-order valence-corrected chi connectivity index (χ2v) is 15.3. The van der Waals surface area contributed by atoms with E-state index in [0.717, 1.165) is 87.1 Å². The molecule has 4 aromatic carbocycles. The molecule has 0 amide bonds. The molecule has 4 heterocycles. The number of ketones is 1. The third-order valence-corrected chi connectivity index (χ3v) is 11.5. The number of likely N-dealkylation sites (tertiary alicyclic amines) is 2. The summed E-state index contributed by atoms with van der Waals surface area (Å²) in [6.07, 6.45) is 7.61. The van der Waals surface area contributed by atoms with Crippen LogP contribution in [0.5, 0.6) is 23.0 Å². The largest absolute Gasteiger partial charge is 0.493 e. The van der Waals surface area contributed by atoms with Crippen LogP contribution in [-0.4, -0.2) is 92.5 Å². The van der Waals surface area contributed by atoms with Crippen LogP contribution < -0.4 is 18.9 Å². The van der Waals surface area contributed by atoms with Gasteiger partial charge in [0.15, 0.2) is 39.9 Å². The summed E-state index contributed by atoms with van der Waals surface area (Å²) in [5.74, 6) is -0.448. The fourth-order valence-corrected chi connectivity index (χ4v) is 8.21. The Morgan fingerprint density at radius 3 is 1.75 bits per heavy atom. The van der Waals surface area contributed by atoms with Crippen molar-refractivity contribution in [1.29, 1.82) is 0 Å². The van der Waals surface area contributed by atoms with Crippen LogP contribution in [-0.2, 0) is 0 Å². The Morgan fingerprint density at radius 2 is 1.22 bits per heavy atom. The number of piperidine rings is 2. The summed E-state index contributed by atoms with van der Waals surface area (Å²) in [6, 6.07) is 18.0. The van der Waals surface area contributed by atoms with E-state index in [2.05, 4.69) is 20.1 Å². The highest BCUT2D eigenvalue weighted by Gasteiger charge is 2.26. The molecule has 11 nitrogen and oxygen atoms in total. The molecule has 2 fully saturated rings. The van der Waals surface area contributed by atoms with Crippen molar-refractivity contribution in [1.82, 2.24) is 20.1 Å². The van der Waals surface area contributed by atoms with Crippen LogP contribution in [0.25, 0.3) is 28.0 Å². The smallest absolute Gasteiger partial charge is 0.185 e.